The predicted octanol–water partition coefficient (Wildman–Crippen LogP) is 2.32. The zero-order valence-electron chi connectivity index (χ0n) is 12.9. The smallest absolute Gasteiger partial charge is 0.317 e. The molecule has 1 aromatic carbocycles. The Morgan fingerprint density at radius 2 is 2.29 bits per heavy atom. The largest absolute Gasteiger partial charge is 0.496 e. The number of carboxylic acids is 1. The molecule has 2 rings (SSSR count). The van der Waals surface area contributed by atoms with Gasteiger partial charge in [-0.2, -0.15) is 0 Å². The summed E-state index contributed by atoms with van der Waals surface area (Å²) in [5, 5.41) is 9.01. The first kappa shape index (κ1) is 15.6. The molecule has 116 valence electrons. The van der Waals surface area contributed by atoms with Crippen LogP contribution in [0.25, 0.3) is 0 Å². The molecule has 1 atom stereocenters. The maximum Gasteiger partial charge on any atom is 0.317 e. The van der Waals surface area contributed by atoms with E-state index in [9.17, 15) is 4.79 Å². The van der Waals surface area contributed by atoms with Gasteiger partial charge in [-0.3, -0.25) is 9.69 Å². The molecule has 1 aliphatic heterocycles. The summed E-state index contributed by atoms with van der Waals surface area (Å²) in [7, 11) is 1.64. The number of ether oxygens (including phenoxy) is 2. The van der Waals surface area contributed by atoms with Crippen molar-refractivity contribution in [3.63, 3.8) is 0 Å². The maximum atomic E-state index is 11.0. The van der Waals surface area contributed by atoms with E-state index in [1.807, 2.05) is 30.9 Å². The lowest BCUT2D eigenvalue weighted by molar-refractivity contribution is -0.138. The molecule has 1 aliphatic rings. The van der Waals surface area contributed by atoms with Crippen LogP contribution in [-0.2, 0) is 17.8 Å². The molecule has 0 saturated carbocycles. The van der Waals surface area contributed by atoms with Crippen molar-refractivity contribution in [2.24, 2.45) is 0 Å². The van der Waals surface area contributed by atoms with E-state index in [4.69, 9.17) is 14.6 Å². The van der Waals surface area contributed by atoms with Gasteiger partial charge >= 0.3 is 5.97 Å². The van der Waals surface area contributed by atoms with Gasteiger partial charge in [0.25, 0.3) is 0 Å². The molecule has 0 fully saturated rings. The van der Waals surface area contributed by atoms with Crippen LogP contribution >= 0.6 is 0 Å². The molecule has 1 unspecified atom stereocenters. The molecule has 0 radical (unpaired) electrons. The molecule has 0 bridgehead atoms. The van der Waals surface area contributed by atoms with Gasteiger partial charge in [0.1, 0.15) is 17.6 Å². The number of nitrogens with zero attached hydrogens (tertiary/aromatic N) is 1. The highest BCUT2D eigenvalue weighted by molar-refractivity contribution is 5.69. The van der Waals surface area contributed by atoms with Gasteiger partial charge in [-0.25, -0.2) is 0 Å². The van der Waals surface area contributed by atoms with Crippen LogP contribution in [0.3, 0.4) is 0 Å². The van der Waals surface area contributed by atoms with E-state index >= 15 is 0 Å². The van der Waals surface area contributed by atoms with Gasteiger partial charge in [-0.1, -0.05) is 6.92 Å². The Hall–Kier alpha value is -1.75. The van der Waals surface area contributed by atoms with Crippen LogP contribution in [0.5, 0.6) is 11.5 Å². The van der Waals surface area contributed by atoms with Crippen molar-refractivity contribution in [2.45, 2.75) is 39.3 Å². The fourth-order valence-electron chi connectivity index (χ4n) is 2.76. The minimum Gasteiger partial charge on any atom is -0.496 e. The second-order valence-electron chi connectivity index (χ2n) is 5.51. The van der Waals surface area contributed by atoms with Gasteiger partial charge in [-0.05, 0) is 32.0 Å². The van der Waals surface area contributed by atoms with Gasteiger partial charge in [0.15, 0.2) is 0 Å². The van der Waals surface area contributed by atoms with Gasteiger partial charge in [0.05, 0.1) is 13.7 Å². The van der Waals surface area contributed by atoms with Crippen LogP contribution in [0, 0.1) is 0 Å². The Morgan fingerprint density at radius 1 is 1.52 bits per heavy atom. The summed E-state index contributed by atoms with van der Waals surface area (Å²) in [6.45, 7) is 5.41. The van der Waals surface area contributed by atoms with Crippen LogP contribution in [-0.4, -0.2) is 42.3 Å². The number of hydrogen-bond donors (Lipinski definition) is 1. The SMILES string of the molecule is CCCN(CC(=O)O)Cc1cc2c(cc1OC)CC(C)O2. The molecule has 1 aromatic rings. The Kier molecular flexibility index (Phi) is 5.07. The second-order valence-corrected chi connectivity index (χ2v) is 5.51. The molecule has 0 aliphatic carbocycles. The summed E-state index contributed by atoms with van der Waals surface area (Å²) in [5.41, 5.74) is 2.13. The number of carboxylic acid groups (broad SMARTS) is 1. The molecule has 0 amide bonds. The Balaban J connectivity index is 2.21. The lowest BCUT2D eigenvalue weighted by Crippen LogP contribution is -2.30. The summed E-state index contributed by atoms with van der Waals surface area (Å²) >= 11 is 0. The average Bonchev–Trinajstić information content (AvgIpc) is 2.76. The molecule has 5 heteroatoms. The number of aliphatic carboxylic acids is 1. The first-order valence-electron chi connectivity index (χ1n) is 7.34. The normalized spacial score (nSPS) is 16.7. The summed E-state index contributed by atoms with van der Waals surface area (Å²) in [4.78, 5) is 12.9. The summed E-state index contributed by atoms with van der Waals surface area (Å²) in [6, 6.07) is 4.00. The Labute approximate surface area is 125 Å². The zero-order chi connectivity index (χ0) is 15.4. The van der Waals surface area contributed by atoms with Crippen molar-refractivity contribution in [3.05, 3.63) is 23.3 Å². The number of rotatable bonds is 7. The second kappa shape index (κ2) is 6.80. The molecule has 0 spiro atoms. The van der Waals surface area contributed by atoms with Crippen LogP contribution in [0.4, 0.5) is 0 Å². The van der Waals surface area contributed by atoms with E-state index in [1.165, 1.54) is 0 Å². The quantitative estimate of drug-likeness (QED) is 0.836. The van der Waals surface area contributed by atoms with E-state index < -0.39 is 5.97 Å². The number of benzene rings is 1. The third kappa shape index (κ3) is 3.88. The number of methoxy groups -OCH3 is 1. The Bertz CT molecular complexity index is 515. The minimum absolute atomic E-state index is 0.0331. The fourth-order valence-corrected chi connectivity index (χ4v) is 2.76. The lowest BCUT2D eigenvalue weighted by atomic mass is 10.1. The van der Waals surface area contributed by atoms with Gasteiger partial charge in [0, 0.05) is 24.1 Å². The topological polar surface area (TPSA) is 59.0 Å². The van der Waals surface area contributed by atoms with Crippen LogP contribution in [0.1, 0.15) is 31.4 Å². The standard InChI is InChI=1S/C16H23NO4/c1-4-5-17(10-16(18)19)9-13-8-15-12(6-11(2)21-15)7-14(13)20-3/h7-8,11H,4-6,9-10H2,1-3H3,(H,18,19). The van der Waals surface area contributed by atoms with Crippen molar-refractivity contribution in [1.82, 2.24) is 4.90 Å². The molecular weight excluding hydrogens is 270 g/mol. The van der Waals surface area contributed by atoms with Crippen molar-refractivity contribution in [3.8, 4) is 11.5 Å². The van der Waals surface area contributed by atoms with E-state index in [2.05, 4.69) is 0 Å². The van der Waals surface area contributed by atoms with Crippen LogP contribution in [0.15, 0.2) is 12.1 Å². The first-order chi connectivity index (χ1) is 10.0. The molecule has 5 nitrogen and oxygen atoms in total. The molecular formula is C16H23NO4. The van der Waals surface area contributed by atoms with Crippen molar-refractivity contribution < 1.29 is 19.4 Å². The fraction of sp³-hybridized carbons (Fsp3) is 0.562. The first-order valence-corrected chi connectivity index (χ1v) is 7.34. The highest BCUT2D eigenvalue weighted by Crippen LogP contribution is 2.35. The van der Waals surface area contributed by atoms with Crippen molar-refractivity contribution in [1.29, 1.82) is 0 Å². The maximum absolute atomic E-state index is 11.0. The van der Waals surface area contributed by atoms with E-state index in [-0.39, 0.29) is 12.6 Å². The van der Waals surface area contributed by atoms with Gasteiger partial charge in [-0.15, -0.1) is 0 Å². The summed E-state index contributed by atoms with van der Waals surface area (Å²) in [6.07, 6.45) is 1.99. The van der Waals surface area contributed by atoms with Gasteiger partial charge < -0.3 is 14.6 Å². The molecule has 0 saturated heterocycles. The highest BCUT2D eigenvalue weighted by Gasteiger charge is 2.22. The van der Waals surface area contributed by atoms with E-state index in [0.29, 0.717) is 6.54 Å². The third-order valence-electron chi connectivity index (χ3n) is 3.59. The molecule has 1 heterocycles. The summed E-state index contributed by atoms with van der Waals surface area (Å²) < 4.78 is 11.2. The van der Waals surface area contributed by atoms with Gasteiger partial charge in [0.2, 0.25) is 0 Å². The molecule has 21 heavy (non-hydrogen) atoms. The molecule has 0 aromatic heterocycles. The third-order valence-corrected chi connectivity index (χ3v) is 3.59. The Morgan fingerprint density at radius 3 is 2.90 bits per heavy atom. The number of carbonyl (C=O) groups is 1. The van der Waals surface area contributed by atoms with Crippen LogP contribution < -0.4 is 9.47 Å². The van der Waals surface area contributed by atoms with Crippen molar-refractivity contribution >= 4 is 5.97 Å². The highest BCUT2D eigenvalue weighted by atomic mass is 16.5. The van der Waals surface area contributed by atoms with Crippen LogP contribution in [0.2, 0.25) is 0 Å². The summed E-state index contributed by atoms with van der Waals surface area (Å²) in [5.74, 6) is 0.886. The van der Waals surface area contributed by atoms with E-state index in [1.54, 1.807) is 7.11 Å². The zero-order valence-corrected chi connectivity index (χ0v) is 12.9. The lowest BCUT2D eigenvalue weighted by Gasteiger charge is -2.21. The number of hydrogen-bond acceptors (Lipinski definition) is 4. The average molecular weight is 293 g/mol. The molecule has 1 N–H and O–H groups in total. The predicted molar refractivity (Wildman–Crippen MR) is 80.0 cm³/mol. The monoisotopic (exact) mass is 293 g/mol. The minimum atomic E-state index is -0.812. The van der Waals surface area contributed by atoms with Crippen molar-refractivity contribution in [2.75, 3.05) is 20.2 Å². The number of fused-ring (bicyclic) bond motifs is 1. The van der Waals surface area contributed by atoms with E-state index in [0.717, 1.165) is 42.0 Å².